The van der Waals surface area contributed by atoms with Gasteiger partial charge in [0.2, 0.25) is 0 Å². The van der Waals surface area contributed by atoms with E-state index in [-0.39, 0.29) is 0 Å². The van der Waals surface area contributed by atoms with Gasteiger partial charge < -0.3 is 10.0 Å². The van der Waals surface area contributed by atoms with Crippen LogP contribution in [0.1, 0.15) is 110 Å². The minimum atomic E-state index is -1.37. The second-order valence-electron chi connectivity index (χ2n) is 8.05. The molecule has 0 aliphatic carbocycles. The molecule has 154 valence electrons. The molecule has 0 unspecified atom stereocenters. The first kappa shape index (κ1) is 24.2. The number of pyridine rings is 1. The van der Waals surface area contributed by atoms with Crippen molar-refractivity contribution in [1.29, 1.82) is 0 Å². The molecule has 4 heteroatoms. The molecule has 0 aliphatic heterocycles. The molecule has 0 saturated carbocycles. The fourth-order valence-corrected chi connectivity index (χ4v) is 3.63. The predicted octanol–water partition coefficient (Wildman–Crippen LogP) is 4.92. The largest absolute Gasteiger partial charge is 0.488 e. The summed E-state index contributed by atoms with van der Waals surface area (Å²) in [6.45, 7) is 3.30. The molecule has 1 rings (SSSR count). The first-order valence-electron chi connectivity index (χ1n) is 11.6. The molecule has 0 fully saturated rings. The third kappa shape index (κ3) is 13.9. The SMILES string of the molecule is CCCCCCCCCCCCCCCCCC[n+]1ccc(B(O)O)cc1. The Kier molecular flexibility index (Phi) is 15.4. The van der Waals surface area contributed by atoms with E-state index in [1.807, 2.05) is 12.4 Å². The van der Waals surface area contributed by atoms with Crippen molar-refractivity contribution in [2.24, 2.45) is 0 Å². The van der Waals surface area contributed by atoms with Gasteiger partial charge in [0, 0.05) is 18.6 Å². The van der Waals surface area contributed by atoms with Crippen LogP contribution in [0.15, 0.2) is 24.5 Å². The standard InChI is InChI=1S/C23H43BNO2/c1-2-3-4-5-6-7-8-9-10-11-12-13-14-15-16-17-20-25-21-18-23(19-22-25)24(26)27/h18-19,21-22,26-27H,2-17,20H2,1H3/q+1. The van der Waals surface area contributed by atoms with Gasteiger partial charge in [0.15, 0.2) is 12.4 Å². The van der Waals surface area contributed by atoms with Crippen LogP contribution >= 0.6 is 0 Å². The monoisotopic (exact) mass is 376 g/mol. The summed E-state index contributed by atoms with van der Waals surface area (Å²) in [6.07, 6.45) is 26.2. The van der Waals surface area contributed by atoms with Crippen LogP contribution in [-0.4, -0.2) is 17.2 Å². The molecule has 1 aromatic rings. The quantitative estimate of drug-likeness (QED) is 0.217. The van der Waals surface area contributed by atoms with Gasteiger partial charge >= 0.3 is 7.12 Å². The van der Waals surface area contributed by atoms with Crippen molar-refractivity contribution in [3.05, 3.63) is 24.5 Å². The van der Waals surface area contributed by atoms with Crippen LogP contribution in [0.5, 0.6) is 0 Å². The third-order valence-corrected chi connectivity index (χ3v) is 5.48. The van der Waals surface area contributed by atoms with Crippen LogP contribution in [0.4, 0.5) is 0 Å². The molecular weight excluding hydrogens is 333 g/mol. The number of hydrogen-bond donors (Lipinski definition) is 2. The van der Waals surface area contributed by atoms with Crippen LogP contribution in [0.3, 0.4) is 0 Å². The van der Waals surface area contributed by atoms with Gasteiger partial charge in [-0.25, -0.2) is 4.57 Å². The molecule has 0 aromatic carbocycles. The highest BCUT2D eigenvalue weighted by molar-refractivity contribution is 6.58. The summed E-state index contributed by atoms with van der Waals surface area (Å²) in [7, 11) is -1.37. The van der Waals surface area contributed by atoms with E-state index in [0.717, 1.165) is 6.54 Å². The third-order valence-electron chi connectivity index (χ3n) is 5.48. The Labute approximate surface area is 168 Å². The molecule has 0 atom stereocenters. The highest BCUT2D eigenvalue weighted by atomic mass is 16.4. The van der Waals surface area contributed by atoms with E-state index in [9.17, 15) is 0 Å². The zero-order chi connectivity index (χ0) is 19.6. The first-order chi connectivity index (χ1) is 13.2. The molecule has 27 heavy (non-hydrogen) atoms. The molecular formula is C23H43BNO2+. The Morgan fingerprint density at radius 3 is 1.37 bits per heavy atom. The van der Waals surface area contributed by atoms with E-state index < -0.39 is 7.12 Å². The fourth-order valence-electron chi connectivity index (χ4n) is 3.63. The van der Waals surface area contributed by atoms with Gasteiger partial charge in [-0.2, -0.15) is 0 Å². The van der Waals surface area contributed by atoms with Crippen molar-refractivity contribution in [3.63, 3.8) is 0 Å². The van der Waals surface area contributed by atoms with Crippen molar-refractivity contribution < 1.29 is 14.6 Å². The lowest BCUT2D eigenvalue weighted by Gasteiger charge is -2.03. The Balaban J connectivity index is 1.80. The molecule has 3 nitrogen and oxygen atoms in total. The Morgan fingerprint density at radius 1 is 0.630 bits per heavy atom. The average Bonchev–Trinajstić information content (AvgIpc) is 2.68. The maximum atomic E-state index is 9.09. The van der Waals surface area contributed by atoms with E-state index in [4.69, 9.17) is 10.0 Å². The molecule has 2 N–H and O–H groups in total. The Morgan fingerprint density at radius 2 is 1.00 bits per heavy atom. The van der Waals surface area contributed by atoms with Gasteiger partial charge in [-0.15, -0.1) is 0 Å². The van der Waals surface area contributed by atoms with Crippen LogP contribution in [-0.2, 0) is 6.54 Å². The molecule has 0 aliphatic rings. The Bertz CT molecular complexity index is 437. The summed E-state index contributed by atoms with van der Waals surface area (Å²) in [5.74, 6) is 0. The predicted molar refractivity (Wildman–Crippen MR) is 116 cm³/mol. The second kappa shape index (κ2) is 17.2. The Hall–Kier alpha value is -0.865. The molecule has 0 amide bonds. The van der Waals surface area contributed by atoms with Crippen LogP contribution in [0, 0.1) is 0 Å². The van der Waals surface area contributed by atoms with E-state index in [1.165, 1.54) is 103 Å². The summed E-state index contributed by atoms with van der Waals surface area (Å²) in [4.78, 5) is 0. The zero-order valence-corrected chi connectivity index (χ0v) is 17.7. The second-order valence-corrected chi connectivity index (χ2v) is 8.05. The average molecular weight is 376 g/mol. The minimum absolute atomic E-state index is 0.554. The zero-order valence-electron chi connectivity index (χ0n) is 17.7. The smallest absolute Gasteiger partial charge is 0.423 e. The van der Waals surface area contributed by atoms with Crippen molar-refractivity contribution in [2.45, 2.75) is 116 Å². The number of rotatable bonds is 18. The highest BCUT2D eigenvalue weighted by Gasteiger charge is 2.11. The van der Waals surface area contributed by atoms with Gasteiger partial charge in [0.05, 0.1) is 0 Å². The van der Waals surface area contributed by atoms with Crippen LogP contribution < -0.4 is 10.0 Å². The molecule has 0 radical (unpaired) electrons. The lowest BCUT2D eigenvalue weighted by Crippen LogP contribution is -2.38. The van der Waals surface area contributed by atoms with Crippen molar-refractivity contribution >= 4 is 12.6 Å². The summed E-state index contributed by atoms with van der Waals surface area (Å²) < 4.78 is 2.12. The summed E-state index contributed by atoms with van der Waals surface area (Å²) in [6, 6.07) is 3.55. The number of hydrogen-bond acceptors (Lipinski definition) is 2. The van der Waals surface area contributed by atoms with Gasteiger partial charge in [-0.3, -0.25) is 0 Å². The van der Waals surface area contributed by atoms with Crippen LogP contribution in [0.25, 0.3) is 0 Å². The van der Waals surface area contributed by atoms with E-state index in [1.54, 1.807) is 12.1 Å². The number of aromatic nitrogens is 1. The summed E-state index contributed by atoms with van der Waals surface area (Å²) >= 11 is 0. The molecule has 0 bridgehead atoms. The fraction of sp³-hybridized carbons (Fsp3) is 0.783. The maximum absolute atomic E-state index is 9.09. The lowest BCUT2D eigenvalue weighted by atomic mass is 9.81. The molecule has 0 spiro atoms. The van der Waals surface area contributed by atoms with Gasteiger partial charge in [-0.1, -0.05) is 96.8 Å². The molecule has 0 saturated heterocycles. The highest BCUT2D eigenvalue weighted by Crippen LogP contribution is 2.13. The van der Waals surface area contributed by atoms with Gasteiger partial charge in [0.25, 0.3) is 0 Å². The lowest BCUT2D eigenvalue weighted by molar-refractivity contribution is -0.697. The van der Waals surface area contributed by atoms with E-state index in [0.29, 0.717) is 5.46 Å². The molecule has 1 aromatic heterocycles. The van der Waals surface area contributed by atoms with Crippen molar-refractivity contribution in [2.75, 3.05) is 0 Å². The summed E-state index contributed by atoms with van der Waals surface area (Å²) in [5.41, 5.74) is 0.554. The summed E-state index contributed by atoms with van der Waals surface area (Å²) in [5, 5.41) is 18.2. The van der Waals surface area contributed by atoms with E-state index >= 15 is 0 Å². The maximum Gasteiger partial charge on any atom is 0.488 e. The first-order valence-corrected chi connectivity index (χ1v) is 11.6. The number of nitrogens with zero attached hydrogens (tertiary/aromatic N) is 1. The minimum Gasteiger partial charge on any atom is -0.423 e. The number of unbranched alkanes of at least 4 members (excludes halogenated alkanes) is 15. The van der Waals surface area contributed by atoms with Crippen molar-refractivity contribution in [3.8, 4) is 0 Å². The van der Waals surface area contributed by atoms with Gasteiger partial charge in [-0.05, 0) is 11.9 Å². The van der Waals surface area contributed by atoms with E-state index in [2.05, 4.69) is 11.5 Å². The van der Waals surface area contributed by atoms with Crippen LogP contribution in [0.2, 0.25) is 0 Å². The van der Waals surface area contributed by atoms with Crippen molar-refractivity contribution in [1.82, 2.24) is 0 Å². The number of aryl methyl sites for hydroxylation is 1. The normalized spacial score (nSPS) is 11.1. The molecule has 1 heterocycles. The topological polar surface area (TPSA) is 44.3 Å². The van der Waals surface area contributed by atoms with Gasteiger partial charge in [0.1, 0.15) is 6.54 Å².